The number of aryl methyl sites for hydroxylation is 2. The average molecular weight is 275 g/mol. The molecule has 104 valence electrons. The summed E-state index contributed by atoms with van der Waals surface area (Å²) in [6.45, 7) is 6.25. The molecule has 0 radical (unpaired) electrons. The van der Waals surface area contributed by atoms with Crippen molar-refractivity contribution in [1.29, 1.82) is 10.5 Å². The number of nitriles is 2. The second-order valence-corrected chi connectivity index (χ2v) is 5.21. The van der Waals surface area contributed by atoms with Gasteiger partial charge in [-0.1, -0.05) is 23.8 Å². The van der Waals surface area contributed by atoms with Crippen LogP contribution in [0.15, 0.2) is 36.4 Å². The van der Waals surface area contributed by atoms with Crippen LogP contribution in [-0.4, -0.2) is 0 Å². The van der Waals surface area contributed by atoms with Gasteiger partial charge in [-0.2, -0.15) is 10.5 Å². The summed E-state index contributed by atoms with van der Waals surface area (Å²) in [6, 6.07) is 15.8. The maximum Gasteiger partial charge on any atom is 0.101 e. The third-order valence-corrected chi connectivity index (χ3v) is 3.54. The second-order valence-electron chi connectivity index (χ2n) is 5.21. The van der Waals surface area contributed by atoms with Crippen LogP contribution in [0.3, 0.4) is 0 Å². The Morgan fingerprint density at radius 2 is 1.67 bits per heavy atom. The topological polar surface area (TPSA) is 59.6 Å². The number of benzene rings is 2. The van der Waals surface area contributed by atoms with E-state index in [1.165, 1.54) is 16.7 Å². The summed E-state index contributed by atoms with van der Waals surface area (Å²) < 4.78 is 0. The third-order valence-electron chi connectivity index (χ3n) is 3.54. The fourth-order valence-electron chi connectivity index (χ4n) is 2.38. The highest BCUT2D eigenvalue weighted by atomic mass is 14.9. The first kappa shape index (κ1) is 14.6. The quantitative estimate of drug-likeness (QED) is 0.912. The molecule has 1 atom stereocenters. The Morgan fingerprint density at radius 3 is 2.33 bits per heavy atom. The van der Waals surface area contributed by atoms with Crippen LogP contribution in [0.4, 0.5) is 5.69 Å². The van der Waals surface area contributed by atoms with Gasteiger partial charge in [0.2, 0.25) is 0 Å². The minimum atomic E-state index is 0.129. The molecular formula is C18H17N3. The molecule has 0 aliphatic carbocycles. The number of anilines is 1. The largest absolute Gasteiger partial charge is 0.378 e. The molecule has 1 unspecified atom stereocenters. The number of nitrogens with zero attached hydrogens (tertiary/aromatic N) is 2. The first-order chi connectivity index (χ1) is 10.0. The van der Waals surface area contributed by atoms with Gasteiger partial charge >= 0.3 is 0 Å². The monoisotopic (exact) mass is 275 g/mol. The van der Waals surface area contributed by atoms with E-state index in [1.807, 2.05) is 12.1 Å². The lowest BCUT2D eigenvalue weighted by Gasteiger charge is -2.18. The fourth-order valence-corrected chi connectivity index (χ4v) is 2.38. The van der Waals surface area contributed by atoms with Crippen molar-refractivity contribution in [2.75, 3.05) is 5.32 Å². The minimum absolute atomic E-state index is 0.129. The molecular weight excluding hydrogens is 258 g/mol. The van der Waals surface area contributed by atoms with E-state index in [-0.39, 0.29) is 6.04 Å². The smallest absolute Gasteiger partial charge is 0.101 e. The molecule has 3 heteroatoms. The average Bonchev–Trinajstić information content (AvgIpc) is 2.49. The van der Waals surface area contributed by atoms with Crippen LogP contribution in [0.25, 0.3) is 0 Å². The summed E-state index contributed by atoms with van der Waals surface area (Å²) in [5.74, 6) is 0. The molecule has 3 nitrogen and oxygen atoms in total. The molecule has 1 N–H and O–H groups in total. The van der Waals surface area contributed by atoms with Crippen molar-refractivity contribution in [3.05, 3.63) is 64.2 Å². The van der Waals surface area contributed by atoms with Crippen molar-refractivity contribution in [2.45, 2.75) is 26.8 Å². The van der Waals surface area contributed by atoms with Gasteiger partial charge < -0.3 is 5.32 Å². The van der Waals surface area contributed by atoms with Crippen molar-refractivity contribution in [2.24, 2.45) is 0 Å². The van der Waals surface area contributed by atoms with Crippen molar-refractivity contribution in [1.82, 2.24) is 0 Å². The van der Waals surface area contributed by atoms with E-state index in [2.05, 4.69) is 50.4 Å². The Hall–Kier alpha value is -2.78. The lowest BCUT2D eigenvalue weighted by molar-refractivity contribution is 0.872. The Kier molecular flexibility index (Phi) is 4.26. The number of rotatable bonds is 3. The third kappa shape index (κ3) is 3.22. The molecule has 0 saturated heterocycles. The van der Waals surface area contributed by atoms with Gasteiger partial charge in [0.25, 0.3) is 0 Å². The van der Waals surface area contributed by atoms with Crippen molar-refractivity contribution in [3.8, 4) is 12.1 Å². The standard InChI is InChI=1S/C18H17N3/c1-12-4-5-13(2)18(8-12)14(3)21-17-7-6-15(10-19)16(9-17)11-20/h4-9,14,21H,1-3H3. The van der Waals surface area contributed by atoms with Crippen LogP contribution in [0.5, 0.6) is 0 Å². The summed E-state index contributed by atoms with van der Waals surface area (Å²) in [5, 5.41) is 21.4. The van der Waals surface area contributed by atoms with Gasteiger partial charge in [-0.05, 0) is 50.1 Å². The van der Waals surface area contributed by atoms with Gasteiger partial charge in [-0.15, -0.1) is 0 Å². The van der Waals surface area contributed by atoms with Gasteiger partial charge in [0.05, 0.1) is 11.1 Å². The highest BCUT2D eigenvalue weighted by molar-refractivity contribution is 5.57. The van der Waals surface area contributed by atoms with Crippen LogP contribution in [-0.2, 0) is 0 Å². The molecule has 0 aliphatic rings. The van der Waals surface area contributed by atoms with Gasteiger partial charge in [-0.3, -0.25) is 0 Å². The zero-order chi connectivity index (χ0) is 15.4. The zero-order valence-electron chi connectivity index (χ0n) is 12.4. The van der Waals surface area contributed by atoms with E-state index in [9.17, 15) is 0 Å². The summed E-state index contributed by atoms with van der Waals surface area (Å²) in [6.07, 6.45) is 0. The van der Waals surface area contributed by atoms with E-state index in [4.69, 9.17) is 10.5 Å². The summed E-state index contributed by atoms with van der Waals surface area (Å²) in [7, 11) is 0. The van der Waals surface area contributed by atoms with Crippen LogP contribution < -0.4 is 5.32 Å². The summed E-state index contributed by atoms with van der Waals surface area (Å²) in [4.78, 5) is 0. The predicted octanol–water partition coefficient (Wildman–Crippen LogP) is 4.22. The van der Waals surface area contributed by atoms with Crippen molar-refractivity contribution in [3.63, 3.8) is 0 Å². The Balaban J connectivity index is 2.28. The normalized spacial score (nSPS) is 11.3. The highest BCUT2D eigenvalue weighted by Gasteiger charge is 2.10. The Bertz CT molecular complexity index is 748. The number of nitrogens with one attached hydrogen (secondary N) is 1. The van der Waals surface area contributed by atoms with Gasteiger partial charge in [0.1, 0.15) is 12.1 Å². The van der Waals surface area contributed by atoms with Crippen LogP contribution >= 0.6 is 0 Å². The van der Waals surface area contributed by atoms with Crippen LogP contribution in [0, 0.1) is 36.5 Å². The van der Waals surface area contributed by atoms with E-state index in [1.54, 1.807) is 12.1 Å². The van der Waals surface area contributed by atoms with Gasteiger partial charge in [0.15, 0.2) is 0 Å². The molecule has 21 heavy (non-hydrogen) atoms. The lowest BCUT2D eigenvalue weighted by Crippen LogP contribution is -2.08. The van der Waals surface area contributed by atoms with Crippen LogP contribution in [0.1, 0.15) is 40.8 Å². The second kappa shape index (κ2) is 6.11. The zero-order valence-corrected chi connectivity index (χ0v) is 12.4. The molecule has 0 fully saturated rings. The summed E-state index contributed by atoms with van der Waals surface area (Å²) in [5.41, 5.74) is 5.34. The number of hydrogen-bond acceptors (Lipinski definition) is 3. The van der Waals surface area contributed by atoms with Crippen LogP contribution in [0.2, 0.25) is 0 Å². The van der Waals surface area contributed by atoms with Crippen molar-refractivity contribution >= 4 is 5.69 Å². The fraction of sp³-hybridized carbons (Fsp3) is 0.222. The molecule has 0 saturated carbocycles. The molecule has 0 aromatic heterocycles. The molecule has 2 rings (SSSR count). The Labute approximate surface area is 125 Å². The maximum absolute atomic E-state index is 9.08. The van der Waals surface area contributed by atoms with Gasteiger partial charge in [0, 0.05) is 11.7 Å². The van der Waals surface area contributed by atoms with E-state index < -0.39 is 0 Å². The predicted molar refractivity (Wildman–Crippen MR) is 83.8 cm³/mol. The minimum Gasteiger partial charge on any atom is -0.378 e. The molecule has 0 amide bonds. The maximum atomic E-state index is 9.08. The van der Waals surface area contributed by atoms with E-state index in [0.29, 0.717) is 11.1 Å². The molecule has 0 spiro atoms. The first-order valence-corrected chi connectivity index (χ1v) is 6.83. The molecule has 2 aromatic rings. The van der Waals surface area contributed by atoms with Gasteiger partial charge in [-0.25, -0.2) is 0 Å². The molecule has 0 bridgehead atoms. The Morgan fingerprint density at radius 1 is 0.952 bits per heavy atom. The molecule has 0 heterocycles. The van der Waals surface area contributed by atoms with E-state index >= 15 is 0 Å². The molecule has 2 aromatic carbocycles. The first-order valence-electron chi connectivity index (χ1n) is 6.83. The van der Waals surface area contributed by atoms with Crippen molar-refractivity contribution < 1.29 is 0 Å². The summed E-state index contributed by atoms with van der Waals surface area (Å²) >= 11 is 0. The van der Waals surface area contributed by atoms with E-state index in [0.717, 1.165) is 5.69 Å². The highest BCUT2D eigenvalue weighted by Crippen LogP contribution is 2.24. The number of hydrogen-bond donors (Lipinski definition) is 1. The lowest BCUT2D eigenvalue weighted by atomic mass is 9.99. The molecule has 0 aliphatic heterocycles. The SMILES string of the molecule is Cc1ccc(C)c(C(C)Nc2ccc(C#N)c(C#N)c2)c1.